The Morgan fingerprint density at radius 3 is 2.67 bits per heavy atom. The molecule has 0 spiro atoms. The number of benzene rings is 2. The van der Waals surface area contributed by atoms with Crippen molar-refractivity contribution in [1.29, 1.82) is 0 Å². The van der Waals surface area contributed by atoms with Crippen molar-refractivity contribution < 1.29 is 9.53 Å². The van der Waals surface area contributed by atoms with Crippen molar-refractivity contribution in [2.24, 2.45) is 0 Å². The predicted molar refractivity (Wildman–Crippen MR) is 102 cm³/mol. The summed E-state index contributed by atoms with van der Waals surface area (Å²) in [6.45, 7) is 7.00. The molecule has 2 rings (SSSR count). The first-order chi connectivity index (χ1) is 11.6. The molecule has 0 saturated heterocycles. The second kappa shape index (κ2) is 9.38. The van der Waals surface area contributed by atoms with Crippen LogP contribution in [0.3, 0.4) is 0 Å². The lowest BCUT2D eigenvalue weighted by molar-refractivity contribution is -0.120. The molecule has 128 valence electrons. The van der Waals surface area contributed by atoms with Crippen molar-refractivity contribution in [2.75, 3.05) is 13.2 Å². The third-order valence-corrected chi connectivity index (χ3v) is 4.93. The third kappa shape index (κ3) is 5.93. The SMILES string of the molecule is Cc1ccc(C)c(OCCNC(=O)[C@@H](C)SCc2ccccc2)c1. The lowest BCUT2D eigenvalue weighted by atomic mass is 10.1. The number of aryl methyl sites for hydroxylation is 2. The van der Waals surface area contributed by atoms with E-state index in [1.54, 1.807) is 11.8 Å². The average molecular weight is 343 g/mol. The van der Waals surface area contributed by atoms with Crippen LogP contribution >= 0.6 is 11.8 Å². The van der Waals surface area contributed by atoms with Gasteiger partial charge in [-0.3, -0.25) is 4.79 Å². The lowest BCUT2D eigenvalue weighted by Crippen LogP contribution is -2.34. The van der Waals surface area contributed by atoms with E-state index >= 15 is 0 Å². The van der Waals surface area contributed by atoms with Crippen LogP contribution in [-0.4, -0.2) is 24.3 Å². The van der Waals surface area contributed by atoms with Crippen LogP contribution in [0, 0.1) is 13.8 Å². The molecular formula is C20H25NO2S. The molecule has 0 aliphatic carbocycles. The number of nitrogens with one attached hydrogen (secondary N) is 1. The number of rotatable bonds is 8. The van der Waals surface area contributed by atoms with Gasteiger partial charge in [-0.05, 0) is 43.5 Å². The van der Waals surface area contributed by atoms with E-state index in [0.29, 0.717) is 13.2 Å². The van der Waals surface area contributed by atoms with E-state index in [9.17, 15) is 4.79 Å². The summed E-state index contributed by atoms with van der Waals surface area (Å²) >= 11 is 1.64. The van der Waals surface area contributed by atoms with Gasteiger partial charge in [-0.2, -0.15) is 0 Å². The minimum Gasteiger partial charge on any atom is -0.491 e. The molecule has 0 aromatic heterocycles. The van der Waals surface area contributed by atoms with E-state index in [4.69, 9.17) is 4.74 Å². The minimum absolute atomic E-state index is 0.0560. The first-order valence-electron chi connectivity index (χ1n) is 8.19. The first-order valence-corrected chi connectivity index (χ1v) is 9.24. The van der Waals surface area contributed by atoms with Crippen LogP contribution in [0.2, 0.25) is 0 Å². The summed E-state index contributed by atoms with van der Waals surface area (Å²) in [5.74, 6) is 1.78. The zero-order valence-electron chi connectivity index (χ0n) is 14.5. The molecule has 2 aromatic carbocycles. The summed E-state index contributed by atoms with van der Waals surface area (Å²) in [7, 11) is 0. The Kier molecular flexibility index (Phi) is 7.19. The Labute approximate surface area is 148 Å². The average Bonchev–Trinajstić information content (AvgIpc) is 2.60. The third-order valence-electron chi connectivity index (χ3n) is 3.71. The monoisotopic (exact) mass is 343 g/mol. The largest absolute Gasteiger partial charge is 0.491 e. The van der Waals surface area contributed by atoms with Crippen molar-refractivity contribution >= 4 is 17.7 Å². The van der Waals surface area contributed by atoms with E-state index in [0.717, 1.165) is 17.1 Å². The quantitative estimate of drug-likeness (QED) is 0.733. The summed E-state index contributed by atoms with van der Waals surface area (Å²) in [5, 5.41) is 2.86. The van der Waals surface area contributed by atoms with Crippen LogP contribution in [0.1, 0.15) is 23.6 Å². The van der Waals surface area contributed by atoms with Crippen molar-refractivity contribution in [3.63, 3.8) is 0 Å². The summed E-state index contributed by atoms with van der Waals surface area (Å²) in [6.07, 6.45) is 0. The molecule has 1 amide bonds. The molecule has 1 N–H and O–H groups in total. The van der Waals surface area contributed by atoms with Crippen molar-refractivity contribution in [2.45, 2.75) is 31.8 Å². The number of amides is 1. The molecule has 0 heterocycles. The van der Waals surface area contributed by atoms with Crippen molar-refractivity contribution in [3.05, 3.63) is 65.2 Å². The van der Waals surface area contributed by atoms with Gasteiger partial charge in [0.1, 0.15) is 12.4 Å². The van der Waals surface area contributed by atoms with E-state index < -0.39 is 0 Å². The van der Waals surface area contributed by atoms with Gasteiger partial charge in [0.2, 0.25) is 5.91 Å². The molecule has 2 aromatic rings. The highest BCUT2D eigenvalue weighted by Gasteiger charge is 2.12. The Morgan fingerprint density at radius 1 is 1.17 bits per heavy atom. The molecule has 3 nitrogen and oxygen atoms in total. The molecular weight excluding hydrogens is 318 g/mol. The van der Waals surface area contributed by atoms with Gasteiger partial charge in [-0.25, -0.2) is 0 Å². The number of ether oxygens (including phenoxy) is 1. The molecule has 0 aliphatic heterocycles. The van der Waals surface area contributed by atoms with Gasteiger partial charge in [0.15, 0.2) is 0 Å². The Morgan fingerprint density at radius 2 is 1.92 bits per heavy atom. The number of hydrogen-bond donors (Lipinski definition) is 1. The predicted octanol–water partition coefficient (Wildman–Crippen LogP) is 4.12. The van der Waals surface area contributed by atoms with Gasteiger partial charge in [0, 0.05) is 5.75 Å². The van der Waals surface area contributed by atoms with Gasteiger partial charge in [-0.1, -0.05) is 42.5 Å². The molecule has 0 saturated carbocycles. The van der Waals surface area contributed by atoms with Gasteiger partial charge in [0.05, 0.1) is 11.8 Å². The maximum atomic E-state index is 12.1. The summed E-state index contributed by atoms with van der Waals surface area (Å²) in [4.78, 5) is 12.1. The lowest BCUT2D eigenvalue weighted by Gasteiger charge is -2.13. The molecule has 4 heteroatoms. The number of carbonyl (C=O) groups is 1. The molecule has 24 heavy (non-hydrogen) atoms. The Bertz CT molecular complexity index is 658. The fourth-order valence-electron chi connectivity index (χ4n) is 2.21. The number of carbonyl (C=O) groups excluding carboxylic acids is 1. The highest BCUT2D eigenvalue weighted by Crippen LogP contribution is 2.19. The smallest absolute Gasteiger partial charge is 0.232 e. The number of thioether (sulfide) groups is 1. The maximum absolute atomic E-state index is 12.1. The van der Waals surface area contributed by atoms with Gasteiger partial charge in [0.25, 0.3) is 0 Å². The second-order valence-corrected chi connectivity index (χ2v) is 7.18. The Hall–Kier alpha value is -1.94. The molecule has 0 bridgehead atoms. The molecule has 0 unspecified atom stereocenters. The molecule has 0 radical (unpaired) electrons. The van der Waals surface area contributed by atoms with Gasteiger partial charge < -0.3 is 10.1 Å². The number of hydrogen-bond acceptors (Lipinski definition) is 3. The Balaban J connectivity index is 1.68. The molecule has 0 aliphatic rings. The van der Waals surface area contributed by atoms with Crippen molar-refractivity contribution in [1.82, 2.24) is 5.32 Å². The van der Waals surface area contributed by atoms with E-state index in [1.807, 2.05) is 51.1 Å². The second-order valence-electron chi connectivity index (χ2n) is 5.85. The van der Waals surface area contributed by atoms with Gasteiger partial charge in [-0.15, -0.1) is 11.8 Å². The van der Waals surface area contributed by atoms with Gasteiger partial charge >= 0.3 is 0 Å². The standard InChI is InChI=1S/C20H25NO2S/c1-15-9-10-16(2)19(13-15)23-12-11-21-20(22)17(3)24-14-18-7-5-4-6-8-18/h4-10,13,17H,11-12,14H2,1-3H3,(H,21,22)/t17-/m1/s1. The van der Waals surface area contributed by atoms with E-state index in [2.05, 4.69) is 23.5 Å². The maximum Gasteiger partial charge on any atom is 0.232 e. The van der Waals surface area contributed by atoms with Crippen LogP contribution < -0.4 is 10.1 Å². The first kappa shape index (κ1) is 18.4. The summed E-state index contributed by atoms with van der Waals surface area (Å²) < 4.78 is 5.76. The molecule has 0 fully saturated rings. The van der Waals surface area contributed by atoms with Crippen LogP contribution in [0.25, 0.3) is 0 Å². The zero-order valence-corrected chi connectivity index (χ0v) is 15.4. The minimum atomic E-state index is -0.0779. The normalized spacial score (nSPS) is 11.8. The van der Waals surface area contributed by atoms with Crippen molar-refractivity contribution in [3.8, 4) is 5.75 Å². The van der Waals surface area contributed by atoms with Crippen LogP contribution in [0.5, 0.6) is 5.75 Å². The molecule has 1 atom stereocenters. The highest BCUT2D eigenvalue weighted by atomic mass is 32.2. The highest BCUT2D eigenvalue weighted by molar-refractivity contribution is 7.99. The zero-order chi connectivity index (χ0) is 17.4. The fourth-order valence-corrected chi connectivity index (χ4v) is 3.08. The van der Waals surface area contributed by atoms with Crippen LogP contribution in [-0.2, 0) is 10.5 Å². The summed E-state index contributed by atoms with van der Waals surface area (Å²) in [6, 6.07) is 16.3. The summed E-state index contributed by atoms with van der Waals surface area (Å²) in [5.41, 5.74) is 3.52. The van der Waals surface area contributed by atoms with Crippen LogP contribution in [0.4, 0.5) is 0 Å². The van der Waals surface area contributed by atoms with E-state index in [-0.39, 0.29) is 11.2 Å². The van der Waals surface area contributed by atoms with Crippen LogP contribution in [0.15, 0.2) is 48.5 Å². The van der Waals surface area contributed by atoms with E-state index in [1.165, 1.54) is 11.1 Å². The fraction of sp³-hybridized carbons (Fsp3) is 0.350. The topological polar surface area (TPSA) is 38.3 Å².